The average Bonchev–Trinajstić information content (AvgIpc) is 2.68. The summed E-state index contributed by atoms with van der Waals surface area (Å²) in [5, 5.41) is 9.20. The van der Waals surface area contributed by atoms with E-state index in [0.717, 1.165) is 0 Å². The Labute approximate surface area is 169 Å². The SMILES string of the molecule is C=C/C=C(\C)C(=O)Oc1ccc(C#N)c(OC(=O)c2cccc(C(C)=O)c2)n1.[B]. The van der Waals surface area contributed by atoms with Gasteiger partial charge in [0, 0.05) is 25.6 Å². The van der Waals surface area contributed by atoms with Crippen LogP contribution in [0, 0.1) is 11.3 Å². The lowest BCUT2D eigenvalue weighted by Gasteiger charge is -2.08. The molecule has 8 heteroatoms. The first-order chi connectivity index (χ1) is 13.3. The summed E-state index contributed by atoms with van der Waals surface area (Å²) in [5.41, 5.74) is 0.732. The van der Waals surface area contributed by atoms with Gasteiger partial charge in [-0.05, 0) is 32.0 Å². The van der Waals surface area contributed by atoms with E-state index in [2.05, 4.69) is 11.6 Å². The first kappa shape index (κ1) is 23.1. The van der Waals surface area contributed by atoms with Crippen molar-refractivity contribution in [2.24, 2.45) is 0 Å². The quantitative estimate of drug-likeness (QED) is 0.247. The molecule has 143 valence electrons. The number of rotatable bonds is 6. The molecular weight excluding hydrogens is 371 g/mol. The number of ketones is 1. The van der Waals surface area contributed by atoms with Crippen LogP contribution in [0.5, 0.6) is 11.8 Å². The maximum atomic E-state index is 12.4. The summed E-state index contributed by atoms with van der Waals surface area (Å²) in [7, 11) is 0. The van der Waals surface area contributed by atoms with Gasteiger partial charge in [-0.3, -0.25) is 4.79 Å². The molecule has 0 bridgehead atoms. The summed E-state index contributed by atoms with van der Waals surface area (Å²) in [6.45, 7) is 6.40. The van der Waals surface area contributed by atoms with Crippen LogP contribution in [0.3, 0.4) is 0 Å². The summed E-state index contributed by atoms with van der Waals surface area (Å²) in [6.07, 6.45) is 2.90. The number of nitriles is 1. The molecule has 3 radical (unpaired) electrons. The number of carbonyl (C=O) groups excluding carboxylic acids is 3. The smallest absolute Gasteiger partial charge is 0.344 e. The first-order valence-electron chi connectivity index (χ1n) is 8.11. The molecule has 0 aliphatic carbocycles. The minimum atomic E-state index is -0.807. The zero-order chi connectivity index (χ0) is 20.7. The molecule has 2 aromatic rings. The molecule has 1 aromatic carbocycles. The van der Waals surface area contributed by atoms with Crippen LogP contribution in [-0.2, 0) is 4.79 Å². The van der Waals surface area contributed by atoms with E-state index in [1.165, 1.54) is 50.3 Å². The summed E-state index contributed by atoms with van der Waals surface area (Å²) >= 11 is 0. The van der Waals surface area contributed by atoms with Gasteiger partial charge in [-0.1, -0.05) is 30.9 Å². The Morgan fingerprint density at radius 1 is 1.10 bits per heavy atom. The summed E-state index contributed by atoms with van der Waals surface area (Å²) in [4.78, 5) is 39.7. The van der Waals surface area contributed by atoms with Crippen molar-refractivity contribution in [2.45, 2.75) is 13.8 Å². The third-order valence-electron chi connectivity index (χ3n) is 3.54. The Kier molecular flexibility index (Phi) is 8.25. The highest BCUT2D eigenvalue weighted by Crippen LogP contribution is 2.21. The molecule has 0 N–H and O–H groups in total. The standard InChI is InChI=1S/C21H16N2O5.B/c1-4-6-13(2)20(25)27-18-10-9-17(12-22)19(23-18)28-21(26)16-8-5-7-15(11-16)14(3)24;/h4-11H,1H2,2-3H3;/b13-6+;. The van der Waals surface area contributed by atoms with Gasteiger partial charge in [-0.25, -0.2) is 9.59 Å². The molecule has 0 saturated carbocycles. The van der Waals surface area contributed by atoms with E-state index in [4.69, 9.17) is 9.47 Å². The van der Waals surface area contributed by atoms with Gasteiger partial charge < -0.3 is 9.47 Å². The van der Waals surface area contributed by atoms with E-state index in [0.29, 0.717) is 11.1 Å². The second-order valence-electron chi connectivity index (χ2n) is 5.62. The van der Waals surface area contributed by atoms with Crippen molar-refractivity contribution in [1.82, 2.24) is 4.98 Å². The van der Waals surface area contributed by atoms with Gasteiger partial charge >= 0.3 is 11.9 Å². The predicted molar refractivity (Wildman–Crippen MR) is 106 cm³/mol. The lowest BCUT2D eigenvalue weighted by atomic mass is 10.1. The highest BCUT2D eigenvalue weighted by molar-refractivity contribution is 5.98. The number of allylic oxidation sites excluding steroid dienone is 2. The highest BCUT2D eigenvalue weighted by Gasteiger charge is 2.17. The predicted octanol–water partition coefficient (Wildman–Crippen LogP) is 3.03. The molecule has 2 rings (SSSR count). The van der Waals surface area contributed by atoms with Gasteiger partial charge in [-0.2, -0.15) is 10.2 Å². The van der Waals surface area contributed by atoms with Crippen LogP contribution in [0.2, 0.25) is 0 Å². The van der Waals surface area contributed by atoms with E-state index in [9.17, 15) is 19.6 Å². The molecule has 1 heterocycles. The summed E-state index contributed by atoms with van der Waals surface area (Å²) in [6, 6.07) is 10.4. The molecule has 7 nitrogen and oxygen atoms in total. The van der Waals surface area contributed by atoms with Crippen molar-refractivity contribution in [3.63, 3.8) is 0 Å². The zero-order valence-electron chi connectivity index (χ0n) is 15.8. The molecule has 0 unspecified atom stereocenters. The minimum absolute atomic E-state index is 0. The third-order valence-corrected chi connectivity index (χ3v) is 3.54. The van der Waals surface area contributed by atoms with Gasteiger partial charge in [-0.15, -0.1) is 0 Å². The van der Waals surface area contributed by atoms with Gasteiger partial charge in [0.2, 0.25) is 11.8 Å². The Bertz CT molecular complexity index is 1040. The van der Waals surface area contributed by atoms with E-state index < -0.39 is 11.9 Å². The van der Waals surface area contributed by atoms with E-state index in [-0.39, 0.29) is 37.1 Å². The van der Waals surface area contributed by atoms with Crippen molar-refractivity contribution in [3.05, 3.63) is 77.4 Å². The second-order valence-corrected chi connectivity index (χ2v) is 5.62. The molecule has 0 saturated heterocycles. The van der Waals surface area contributed by atoms with Crippen LogP contribution in [0.15, 0.2) is 60.7 Å². The Hall–Kier alpha value is -3.99. The van der Waals surface area contributed by atoms with Crippen LogP contribution in [-0.4, -0.2) is 31.1 Å². The zero-order valence-corrected chi connectivity index (χ0v) is 15.8. The Morgan fingerprint density at radius 2 is 1.79 bits per heavy atom. The van der Waals surface area contributed by atoms with Crippen molar-refractivity contribution in [2.75, 3.05) is 0 Å². The van der Waals surface area contributed by atoms with Crippen molar-refractivity contribution >= 4 is 26.1 Å². The van der Waals surface area contributed by atoms with Crippen molar-refractivity contribution in [3.8, 4) is 17.8 Å². The van der Waals surface area contributed by atoms with Gasteiger partial charge in [0.1, 0.15) is 11.6 Å². The molecule has 1 aromatic heterocycles. The normalized spacial score (nSPS) is 10.2. The number of nitrogens with zero attached hydrogens (tertiary/aromatic N) is 2. The number of carbonyl (C=O) groups is 3. The van der Waals surface area contributed by atoms with E-state index >= 15 is 0 Å². The molecule has 0 aliphatic rings. The fourth-order valence-electron chi connectivity index (χ4n) is 2.08. The first-order valence-corrected chi connectivity index (χ1v) is 8.11. The average molecular weight is 387 g/mol. The Balaban J connectivity index is 0.00000420. The minimum Gasteiger partial charge on any atom is -0.404 e. The number of hydrogen-bond donors (Lipinski definition) is 0. The van der Waals surface area contributed by atoms with Gasteiger partial charge in [0.25, 0.3) is 0 Å². The molecule has 0 atom stereocenters. The molecule has 0 amide bonds. The van der Waals surface area contributed by atoms with Crippen LogP contribution in [0.1, 0.15) is 40.1 Å². The number of esters is 2. The second kappa shape index (κ2) is 10.4. The number of Topliss-reactive ketones (excluding diaryl/α,β-unsaturated/α-hetero) is 1. The summed E-state index contributed by atoms with van der Waals surface area (Å²) < 4.78 is 10.3. The maximum Gasteiger partial charge on any atom is 0.344 e. The lowest BCUT2D eigenvalue weighted by molar-refractivity contribution is -0.130. The van der Waals surface area contributed by atoms with Crippen molar-refractivity contribution in [1.29, 1.82) is 5.26 Å². The fraction of sp³-hybridized carbons (Fsp3) is 0.0952. The van der Waals surface area contributed by atoms with Crippen LogP contribution >= 0.6 is 0 Å². The largest absolute Gasteiger partial charge is 0.404 e. The number of pyridine rings is 1. The molecular formula is C21H16BN2O5. The molecule has 0 fully saturated rings. The number of ether oxygens (including phenoxy) is 2. The highest BCUT2D eigenvalue weighted by atomic mass is 16.6. The van der Waals surface area contributed by atoms with E-state index in [1.54, 1.807) is 12.1 Å². The van der Waals surface area contributed by atoms with Crippen LogP contribution in [0.25, 0.3) is 0 Å². The van der Waals surface area contributed by atoms with Gasteiger partial charge in [0.15, 0.2) is 5.78 Å². The maximum absolute atomic E-state index is 12.4. The topological polar surface area (TPSA) is 106 Å². The van der Waals surface area contributed by atoms with E-state index in [1.807, 2.05) is 6.07 Å². The molecule has 0 aliphatic heterocycles. The lowest BCUT2D eigenvalue weighted by Crippen LogP contribution is -2.13. The number of aromatic nitrogens is 1. The summed E-state index contributed by atoms with van der Waals surface area (Å²) in [5.74, 6) is -2.12. The van der Waals surface area contributed by atoms with Crippen LogP contribution < -0.4 is 9.47 Å². The van der Waals surface area contributed by atoms with Crippen LogP contribution in [0.4, 0.5) is 0 Å². The third kappa shape index (κ3) is 6.01. The number of benzene rings is 1. The van der Waals surface area contributed by atoms with Crippen molar-refractivity contribution < 1.29 is 23.9 Å². The Morgan fingerprint density at radius 3 is 2.41 bits per heavy atom. The molecule has 0 spiro atoms. The van der Waals surface area contributed by atoms with Gasteiger partial charge in [0.05, 0.1) is 5.56 Å². The fourth-order valence-corrected chi connectivity index (χ4v) is 2.08. The monoisotopic (exact) mass is 387 g/mol. The molecule has 29 heavy (non-hydrogen) atoms. The number of hydrogen-bond acceptors (Lipinski definition) is 7.